The van der Waals surface area contributed by atoms with Gasteiger partial charge in [-0.1, -0.05) is 13.8 Å². The predicted octanol–water partition coefficient (Wildman–Crippen LogP) is 0.975. The van der Waals surface area contributed by atoms with E-state index in [4.69, 9.17) is 0 Å². The van der Waals surface area contributed by atoms with Crippen LogP contribution in [0.25, 0.3) is 0 Å². The third kappa shape index (κ3) is 4.58. The topological polar surface area (TPSA) is 44.4 Å². The summed E-state index contributed by atoms with van der Waals surface area (Å²) in [5.74, 6) is 0.862. The van der Waals surface area contributed by atoms with Crippen LogP contribution in [0.5, 0.6) is 0 Å². The van der Waals surface area contributed by atoms with Gasteiger partial charge in [-0.3, -0.25) is 4.79 Å². The highest BCUT2D eigenvalue weighted by atomic mass is 16.1. The van der Waals surface area contributed by atoms with Crippen LogP contribution >= 0.6 is 0 Å². The van der Waals surface area contributed by atoms with Crippen molar-refractivity contribution in [3.8, 4) is 0 Å². The van der Waals surface area contributed by atoms with Crippen molar-refractivity contribution in [1.29, 1.82) is 0 Å². The summed E-state index contributed by atoms with van der Waals surface area (Å²) >= 11 is 0. The van der Waals surface area contributed by atoms with Gasteiger partial charge >= 0.3 is 0 Å². The average Bonchev–Trinajstić information content (AvgIpc) is 3.06. The van der Waals surface area contributed by atoms with E-state index in [0.29, 0.717) is 18.4 Å². The van der Waals surface area contributed by atoms with Gasteiger partial charge in [0.25, 0.3) is 0 Å². The molecule has 0 aromatic rings. The van der Waals surface area contributed by atoms with Gasteiger partial charge in [-0.25, -0.2) is 0 Å². The molecule has 1 saturated heterocycles. The second-order valence-corrected chi connectivity index (χ2v) is 6.04. The van der Waals surface area contributed by atoms with Crippen molar-refractivity contribution in [1.82, 2.24) is 15.5 Å². The minimum absolute atomic E-state index is 0.188. The molecule has 0 aromatic carbocycles. The summed E-state index contributed by atoms with van der Waals surface area (Å²) in [4.78, 5) is 14.2. The van der Waals surface area contributed by atoms with Gasteiger partial charge in [0.2, 0.25) is 5.91 Å². The summed E-state index contributed by atoms with van der Waals surface area (Å²) in [7, 11) is 0. The third-order valence-electron chi connectivity index (χ3n) is 3.87. The number of hydrogen-bond donors (Lipinski definition) is 2. The van der Waals surface area contributed by atoms with E-state index in [1.165, 1.54) is 32.4 Å². The first-order valence-corrected chi connectivity index (χ1v) is 7.39. The van der Waals surface area contributed by atoms with Crippen LogP contribution in [0.3, 0.4) is 0 Å². The Morgan fingerprint density at radius 1 is 1.33 bits per heavy atom. The van der Waals surface area contributed by atoms with Crippen molar-refractivity contribution in [2.24, 2.45) is 5.92 Å². The highest BCUT2D eigenvalue weighted by Gasteiger charge is 2.34. The Hall–Kier alpha value is -0.610. The largest absolute Gasteiger partial charge is 0.356 e. The van der Waals surface area contributed by atoms with Crippen LogP contribution < -0.4 is 10.6 Å². The molecule has 0 radical (unpaired) electrons. The fraction of sp³-hybridized carbons (Fsp3) is 0.929. The first-order valence-electron chi connectivity index (χ1n) is 7.39. The first kappa shape index (κ1) is 13.8. The molecule has 2 aliphatic rings. The van der Waals surface area contributed by atoms with Crippen LogP contribution in [0.15, 0.2) is 0 Å². The fourth-order valence-corrected chi connectivity index (χ4v) is 2.62. The van der Waals surface area contributed by atoms with E-state index in [0.717, 1.165) is 19.1 Å². The molecule has 104 valence electrons. The Morgan fingerprint density at radius 2 is 2.11 bits per heavy atom. The molecule has 1 aliphatic heterocycles. The highest BCUT2D eigenvalue weighted by molar-refractivity contribution is 5.76. The van der Waals surface area contributed by atoms with Gasteiger partial charge < -0.3 is 15.5 Å². The molecule has 0 spiro atoms. The van der Waals surface area contributed by atoms with Crippen molar-refractivity contribution in [2.45, 2.75) is 51.6 Å². The lowest BCUT2D eigenvalue weighted by atomic mass is 10.1. The Balaban J connectivity index is 1.53. The molecule has 1 unspecified atom stereocenters. The SMILES string of the molecule is CC(C)NCCC(=O)NCC1CCN(C2CC2)C1. The monoisotopic (exact) mass is 253 g/mol. The third-order valence-corrected chi connectivity index (χ3v) is 3.87. The minimum Gasteiger partial charge on any atom is -0.356 e. The van der Waals surface area contributed by atoms with E-state index in [1.54, 1.807) is 0 Å². The van der Waals surface area contributed by atoms with Crippen molar-refractivity contribution in [3.05, 3.63) is 0 Å². The van der Waals surface area contributed by atoms with Crippen molar-refractivity contribution in [3.63, 3.8) is 0 Å². The maximum absolute atomic E-state index is 11.6. The quantitative estimate of drug-likeness (QED) is 0.711. The summed E-state index contributed by atoms with van der Waals surface area (Å²) in [5.41, 5.74) is 0. The molecule has 18 heavy (non-hydrogen) atoms. The van der Waals surface area contributed by atoms with Crippen molar-refractivity contribution in [2.75, 3.05) is 26.2 Å². The Bertz CT molecular complexity index is 276. The summed E-state index contributed by atoms with van der Waals surface area (Å²) in [6, 6.07) is 1.33. The number of nitrogens with one attached hydrogen (secondary N) is 2. The maximum Gasteiger partial charge on any atom is 0.221 e. The molecular formula is C14H27N3O. The van der Waals surface area contributed by atoms with E-state index >= 15 is 0 Å². The Kier molecular flexibility index (Phi) is 5.01. The highest BCUT2D eigenvalue weighted by Crippen LogP contribution is 2.31. The van der Waals surface area contributed by atoms with Crippen LogP contribution in [0.2, 0.25) is 0 Å². The number of likely N-dealkylation sites (tertiary alicyclic amines) is 1. The maximum atomic E-state index is 11.6. The van der Waals surface area contributed by atoms with Crippen molar-refractivity contribution < 1.29 is 4.79 Å². The van der Waals surface area contributed by atoms with Gasteiger partial charge in [-0.05, 0) is 31.7 Å². The van der Waals surface area contributed by atoms with Crippen LogP contribution in [0.1, 0.15) is 39.5 Å². The number of nitrogens with zero attached hydrogens (tertiary/aromatic N) is 1. The van der Waals surface area contributed by atoms with E-state index in [9.17, 15) is 4.79 Å². The van der Waals surface area contributed by atoms with E-state index < -0.39 is 0 Å². The molecule has 4 nitrogen and oxygen atoms in total. The van der Waals surface area contributed by atoms with Crippen LogP contribution in [0.4, 0.5) is 0 Å². The average molecular weight is 253 g/mol. The smallest absolute Gasteiger partial charge is 0.221 e. The van der Waals surface area contributed by atoms with Crippen LogP contribution in [0, 0.1) is 5.92 Å². The normalized spacial score (nSPS) is 24.7. The van der Waals surface area contributed by atoms with Gasteiger partial charge in [0.1, 0.15) is 0 Å². The molecule has 1 heterocycles. The predicted molar refractivity (Wildman–Crippen MR) is 73.5 cm³/mol. The van der Waals surface area contributed by atoms with Crippen LogP contribution in [-0.4, -0.2) is 49.1 Å². The second-order valence-electron chi connectivity index (χ2n) is 6.04. The summed E-state index contributed by atoms with van der Waals surface area (Å²) < 4.78 is 0. The zero-order valence-corrected chi connectivity index (χ0v) is 11.7. The first-order chi connectivity index (χ1) is 8.65. The lowest BCUT2D eigenvalue weighted by Crippen LogP contribution is -2.34. The molecule has 1 amide bonds. The Morgan fingerprint density at radius 3 is 2.78 bits per heavy atom. The lowest BCUT2D eigenvalue weighted by molar-refractivity contribution is -0.121. The summed E-state index contributed by atoms with van der Waals surface area (Å²) in [5, 5.41) is 6.34. The van der Waals surface area contributed by atoms with Gasteiger partial charge in [0.15, 0.2) is 0 Å². The van der Waals surface area contributed by atoms with Gasteiger partial charge in [0.05, 0.1) is 0 Å². The minimum atomic E-state index is 0.188. The van der Waals surface area contributed by atoms with Gasteiger partial charge in [-0.2, -0.15) is 0 Å². The van der Waals surface area contributed by atoms with E-state index in [1.807, 2.05) is 0 Å². The standard InChI is InChI=1S/C14H27N3O/c1-11(2)15-7-5-14(18)16-9-12-6-8-17(10-12)13-3-4-13/h11-13,15H,3-10H2,1-2H3,(H,16,18). The lowest BCUT2D eigenvalue weighted by Gasteiger charge is -2.15. The molecule has 4 heteroatoms. The summed E-state index contributed by atoms with van der Waals surface area (Å²) in [6.07, 6.45) is 4.62. The molecule has 2 fully saturated rings. The zero-order valence-electron chi connectivity index (χ0n) is 11.7. The molecular weight excluding hydrogens is 226 g/mol. The molecule has 1 aliphatic carbocycles. The molecule has 1 saturated carbocycles. The number of carbonyl (C=O) groups excluding carboxylic acids is 1. The molecule has 2 rings (SSSR count). The zero-order chi connectivity index (χ0) is 13.0. The number of amides is 1. The Labute approximate surface area is 110 Å². The van der Waals surface area contributed by atoms with Gasteiger partial charge in [-0.15, -0.1) is 0 Å². The summed E-state index contributed by atoms with van der Waals surface area (Å²) in [6.45, 7) is 8.27. The molecule has 0 bridgehead atoms. The van der Waals surface area contributed by atoms with Crippen molar-refractivity contribution >= 4 is 5.91 Å². The molecule has 2 N–H and O–H groups in total. The molecule has 1 atom stereocenters. The molecule has 0 aromatic heterocycles. The second kappa shape index (κ2) is 6.53. The number of carbonyl (C=O) groups is 1. The van der Waals surface area contributed by atoms with E-state index in [-0.39, 0.29) is 5.91 Å². The fourth-order valence-electron chi connectivity index (χ4n) is 2.62. The number of rotatable bonds is 7. The van der Waals surface area contributed by atoms with Gasteiger partial charge in [0, 0.05) is 38.1 Å². The van der Waals surface area contributed by atoms with E-state index in [2.05, 4.69) is 29.4 Å². The number of hydrogen-bond acceptors (Lipinski definition) is 3. The van der Waals surface area contributed by atoms with Crippen LogP contribution in [-0.2, 0) is 4.79 Å².